The minimum atomic E-state index is -4.97. The fraction of sp³-hybridized carbons (Fsp3) is 0.901. The second-order valence-electron chi connectivity index (χ2n) is 29.2. The number of allylic oxidation sites excluding steroid dienone is 4. The Labute approximate surface area is 612 Å². The van der Waals surface area contributed by atoms with Gasteiger partial charge >= 0.3 is 39.5 Å². The number of ether oxygens (including phenoxy) is 4. The predicted molar refractivity (Wildman–Crippen MR) is 409 cm³/mol. The SMILES string of the molecule is CCCCCC/C=C\C=C/CCCCCCCC(=O)O[C@H](COC(=O)CCCCCCCCC(C)CC)COP(=O)(O)OC[C@H](O)COP(=O)(O)OC[C@@H](COC(=O)CCCCCCCCCCCCCCCCCCC)OC(=O)CCCCCCCCCCCCCCCCCC(C)C. The van der Waals surface area contributed by atoms with Crippen LogP contribution in [-0.2, 0) is 65.4 Å². The van der Waals surface area contributed by atoms with E-state index < -0.39 is 97.5 Å². The van der Waals surface area contributed by atoms with E-state index in [1.54, 1.807) is 0 Å². The fourth-order valence-electron chi connectivity index (χ4n) is 12.0. The highest BCUT2D eigenvalue weighted by Crippen LogP contribution is 2.45. The first-order valence-electron chi connectivity index (χ1n) is 41.3. The summed E-state index contributed by atoms with van der Waals surface area (Å²) >= 11 is 0. The molecular formula is C81H154O17P2. The maximum absolute atomic E-state index is 13.1. The van der Waals surface area contributed by atoms with Crippen LogP contribution in [0.1, 0.15) is 401 Å². The predicted octanol–water partition coefficient (Wildman–Crippen LogP) is 23.8. The smallest absolute Gasteiger partial charge is 0.462 e. The van der Waals surface area contributed by atoms with Crippen LogP contribution in [0.3, 0.4) is 0 Å². The Morgan fingerprint density at radius 2 is 0.590 bits per heavy atom. The molecule has 0 aromatic rings. The van der Waals surface area contributed by atoms with Gasteiger partial charge in [-0.3, -0.25) is 37.3 Å². The van der Waals surface area contributed by atoms with E-state index >= 15 is 0 Å². The van der Waals surface area contributed by atoms with Crippen molar-refractivity contribution in [2.75, 3.05) is 39.6 Å². The molecule has 590 valence electrons. The number of carbonyl (C=O) groups excluding carboxylic acids is 4. The van der Waals surface area contributed by atoms with Gasteiger partial charge in [0, 0.05) is 25.7 Å². The second kappa shape index (κ2) is 72.1. The van der Waals surface area contributed by atoms with Crippen molar-refractivity contribution in [3.63, 3.8) is 0 Å². The van der Waals surface area contributed by atoms with Crippen molar-refractivity contribution < 1.29 is 80.2 Å². The van der Waals surface area contributed by atoms with Crippen LogP contribution < -0.4 is 0 Å². The monoisotopic (exact) mass is 1460 g/mol. The van der Waals surface area contributed by atoms with E-state index in [0.29, 0.717) is 25.7 Å². The van der Waals surface area contributed by atoms with Gasteiger partial charge in [0.2, 0.25) is 0 Å². The molecule has 0 aliphatic rings. The number of aliphatic hydroxyl groups excluding tert-OH is 1. The van der Waals surface area contributed by atoms with E-state index in [-0.39, 0.29) is 25.7 Å². The third-order valence-electron chi connectivity index (χ3n) is 18.7. The summed E-state index contributed by atoms with van der Waals surface area (Å²) in [7, 11) is -9.93. The molecule has 0 aromatic heterocycles. The highest BCUT2D eigenvalue weighted by molar-refractivity contribution is 7.47. The van der Waals surface area contributed by atoms with Gasteiger partial charge in [-0.1, -0.05) is 348 Å². The number of rotatable bonds is 78. The lowest BCUT2D eigenvalue weighted by Gasteiger charge is -2.21. The molecule has 0 aliphatic carbocycles. The summed E-state index contributed by atoms with van der Waals surface area (Å²) in [6.45, 7) is 9.55. The number of esters is 4. The van der Waals surface area contributed by atoms with Crippen molar-refractivity contribution in [2.45, 2.75) is 419 Å². The summed E-state index contributed by atoms with van der Waals surface area (Å²) in [6, 6.07) is 0. The minimum Gasteiger partial charge on any atom is -0.462 e. The van der Waals surface area contributed by atoms with Gasteiger partial charge in [0.1, 0.15) is 19.3 Å². The topological polar surface area (TPSA) is 237 Å². The van der Waals surface area contributed by atoms with Gasteiger partial charge in [-0.2, -0.15) is 0 Å². The van der Waals surface area contributed by atoms with Crippen LogP contribution in [0.2, 0.25) is 0 Å². The number of hydrogen-bond acceptors (Lipinski definition) is 15. The number of carbonyl (C=O) groups is 4. The molecule has 0 fully saturated rings. The van der Waals surface area contributed by atoms with E-state index in [9.17, 15) is 43.2 Å². The molecular weight excluding hydrogens is 1310 g/mol. The molecule has 0 saturated carbocycles. The van der Waals surface area contributed by atoms with Crippen LogP contribution in [0.4, 0.5) is 0 Å². The Hall–Kier alpha value is -2.46. The minimum absolute atomic E-state index is 0.0843. The lowest BCUT2D eigenvalue weighted by atomic mass is 10.00. The zero-order chi connectivity index (χ0) is 73.5. The highest BCUT2D eigenvalue weighted by Gasteiger charge is 2.30. The summed E-state index contributed by atoms with van der Waals surface area (Å²) in [4.78, 5) is 73.0. The molecule has 3 unspecified atom stereocenters. The van der Waals surface area contributed by atoms with E-state index in [0.717, 1.165) is 121 Å². The third-order valence-corrected chi connectivity index (χ3v) is 20.6. The standard InChI is InChI=1S/C81H154O17P2/c1-7-10-12-14-16-18-20-22-24-25-29-32-36-40-44-51-57-63-78(83)91-69-76(97-80(85)65-60-54-46-42-38-34-30-26-28-31-35-39-43-49-55-61-73(4)5)71-95-99(87,88)93-67-75(82)68-94-100(89,90)96-72-77(70-92-79(84)64-58-52-48-47-50-56-62-74(6)9-3)98-81(86)66-59-53-45-41-37-33-27-23-21-19-17-15-13-11-8-2/h19,21,23,27,73-77,82H,7-18,20,22,24-26,28-72H2,1-6H3,(H,87,88)(H,89,90)/b21-19-,27-23-/t74?,75-,76-,77-/m1/s1. The maximum Gasteiger partial charge on any atom is 0.472 e. The number of unbranched alkanes of at least 4 members (excludes halogenated alkanes) is 44. The Morgan fingerprint density at radius 3 is 0.900 bits per heavy atom. The zero-order valence-corrected chi connectivity index (χ0v) is 66.8. The molecule has 0 aromatic carbocycles. The first kappa shape index (κ1) is 97.5. The zero-order valence-electron chi connectivity index (χ0n) is 65.0. The first-order chi connectivity index (χ1) is 48.4. The van der Waals surface area contributed by atoms with Crippen LogP contribution in [0.15, 0.2) is 24.3 Å². The van der Waals surface area contributed by atoms with E-state index in [2.05, 4.69) is 65.8 Å². The number of hydrogen-bond donors (Lipinski definition) is 3. The summed E-state index contributed by atoms with van der Waals surface area (Å²) in [5.41, 5.74) is 0. The van der Waals surface area contributed by atoms with Gasteiger partial charge < -0.3 is 33.8 Å². The summed E-state index contributed by atoms with van der Waals surface area (Å²) in [5.74, 6) is -0.612. The molecule has 3 N–H and O–H groups in total. The largest absolute Gasteiger partial charge is 0.472 e. The molecule has 0 bridgehead atoms. The summed E-state index contributed by atoms with van der Waals surface area (Å²) < 4.78 is 68.7. The van der Waals surface area contributed by atoms with Gasteiger partial charge in [0.05, 0.1) is 26.4 Å². The lowest BCUT2D eigenvalue weighted by Crippen LogP contribution is -2.30. The van der Waals surface area contributed by atoms with Gasteiger partial charge in [-0.25, -0.2) is 9.13 Å². The average molecular weight is 1460 g/mol. The van der Waals surface area contributed by atoms with Gasteiger partial charge in [-0.05, 0) is 63.2 Å². The molecule has 0 heterocycles. The average Bonchev–Trinajstić information content (AvgIpc) is 0.952. The maximum atomic E-state index is 13.1. The number of phosphoric acid groups is 2. The van der Waals surface area contributed by atoms with Crippen LogP contribution in [0, 0.1) is 11.8 Å². The Kier molecular flexibility index (Phi) is 70.3. The van der Waals surface area contributed by atoms with Gasteiger partial charge in [0.25, 0.3) is 0 Å². The Morgan fingerprint density at radius 1 is 0.330 bits per heavy atom. The molecule has 0 radical (unpaired) electrons. The fourth-order valence-corrected chi connectivity index (χ4v) is 13.5. The molecule has 0 spiro atoms. The van der Waals surface area contributed by atoms with Crippen LogP contribution in [0.25, 0.3) is 0 Å². The Balaban J connectivity index is 5.28. The lowest BCUT2D eigenvalue weighted by molar-refractivity contribution is -0.161. The quantitative estimate of drug-likeness (QED) is 0.0169. The molecule has 0 saturated heterocycles. The van der Waals surface area contributed by atoms with Crippen molar-refractivity contribution in [2.24, 2.45) is 11.8 Å². The molecule has 19 heteroatoms. The Bertz CT molecular complexity index is 2020. The van der Waals surface area contributed by atoms with E-state index in [1.807, 2.05) is 0 Å². The summed E-state index contributed by atoms with van der Waals surface area (Å²) in [6.07, 6.45) is 64.6. The molecule has 6 atom stereocenters. The number of phosphoric ester groups is 2. The van der Waals surface area contributed by atoms with Gasteiger partial charge in [0.15, 0.2) is 12.2 Å². The van der Waals surface area contributed by atoms with Crippen molar-refractivity contribution in [3.05, 3.63) is 24.3 Å². The van der Waals surface area contributed by atoms with Crippen molar-refractivity contribution >= 4 is 39.5 Å². The van der Waals surface area contributed by atoms with Crippen LogP contribution >= 0.6 is 15.6 Å². The molecule has 0 amide bonds. The molecule has 100 heavy (non-hydrogen) atoms. The number of aliphatic hydroxyl groups is 1. The van der Waals surface area contributed by atoms with E-state index in [4.69, 9.17) is 37.0 Å². The summed E-state index contributed by atoms with van der Waals surface area (Å²) in [5, 5.41) is 10.6. The van der Waals surface area contributed by atoms with Crippen molar-refractivity contribution in [3.8, 4) is 0 Å². The van der Waals surface area contributed by atoms with E-state index in [1.165, 1.54) is 199 Å². The highest BCUT2D eigenvalue weighted by atomic mass is 31.2. The third kappa shape index (κ3) is 72.5. The second-order valence-corrected chi connectivity index (χ2v) is 32.1. The molecule has 0 rings (SSSR count). The normalized spacial score (nSPS) is 14.3. The molecule has 0 aliphatic heterocycles. The van der Waals surface area contributed by atoms with Gasteiger partial charge in [-0.15, -0.1) is 0 Å². The van der Waals surface area contributed by atoms with Crippen LogP contribution in [0.5, 0.6) is 0 Å². The van der Waals surface area contributed by atoms with Crippen molar-refractivity contribution in [1.82, 2.24) is 0 Å². The molecule has 17 nitrogen and oxygen atoms in total. The van der Waals surface area contributed by atoms with Crippen LogP contribution in [-0.4, -0.2) is 96.7 Å². The van der Waals surface area contributed by atoms with Crippen molar-refractivity contribution in [1.29, 1.82) is 0 Å². The first-order valence-corrected chi connectivity index (χ1v) is 44.3.